The Kier molecular flexibility index (Phi) is 63.5. The van der Waals surface area contributed by atoms with Gasteiger partial charge in [-0.3, -0.25) is 15.7 Å². The summed E-state index contributed by atoms with van der Waals surface area (Å²) in [5, 5.41) is 106. The van der Waals surface area contributed by atoms with Crippen molar-refractivity contribution < 1.29 is 158 Å². The van der Waals surface area contributed by atoms with Crippen LogP contribution < -0.4 is 29.6 Å². The van der Waals surface area contributed by atoms with Crippen molar-refractivity contribution in [2.24, 2.45) is 17.8 Å². The van der Waals surface area contributed by atoms with Crippen LogP contribution >= 0.6 is 77.2 Å². The van der Waals surface area contributed by atoms with Crippen molar-refractivity contribution >= 4 is 125 Å². The van der Waals surface area contributed by atoms with Crippen LogP contribution in [0.5, 0.6) is 57.5 Å². The molecular formula is C89H124Br4NaO26S-. The Bertz CT molecular complexity index is 4120. The molecule has 5 aromatic rings. The molecule has 0 radical (unpaired) electrons. The monoisotopic (exact) mass is 1980 g/mol. The number of hydrogen-bond donors (Lipinski definition) is 11. The van der Waals surface area contributed by atoms with Gasteiger partial charge in [-0.15, -0.1) is 6.42 Å². The number of aromatic hydroxyl groups is 10. The van der Waals surface area contributed by atoms with E-state index in [-0.39, 0.29) is 199 Å². The molecule has 2 aliphatic carbocycles. The van der Waals surface area contributed by atoms with E-state index in [0.29, 0.717) is 87.8 Å². The molecule has 0 aromatic heterocycles. The average Bonchev–Trinajstić information content (AvgIpc) is 0.782. The van der Waals surface area contributed by atoms with Gasteiger partial charge in [0.2, 0.25) is 0 Å². The van der Waals surface area contributed by atoms with Crippen LogP contribution in [0, 0.1) is 23.8 Å². The van der Waals surface area contributed by atoms with Gasteiger partial charge < -0.3 is 94.9 Å². The first-order valence-electron chi connectivity index (χ1n) is 39.5. The number of carbonyl (C=O) groups is 8. The first-order valence-corrected chi connectivity index (χ1v) is 42.7. The smallest absolute Gasteiger partial charge is 0.870 e. The molecule has 0 amide bonds. The summed E-state index contributed by atoms with van der Waals surface area (Å²) >= 11 is 12.5. The van der Waals surface area contributed by atoms with Crippen LogP contribution in [0.3, 0.4) is 0 Å². The summed E-state index contributed by atoms with van der Waals surface area (Å²) in [5.41, 5.74) is 4.19. The van der Waals surface area contributed by atoms with Gasteiger partial charge in [-0.05, 0) is 241 Å². The fourth-order valence-electron chi connectivity index (χ4n) is 11.7. The number of unbranched alkanes of at least 4 members (excludes halogenated alkanes) is 1. The molecule has 121 heavy (non-hydrogen) atoms. The SMILES string of the molecule is C=C(C)[C@@H]1C=CC(C)(O)CC1.CCC/C=C/C(C)=O.CCCC1C[C-]=CC(=O)C1C(=O)OCC.CCCc1c(Br)c(O)c(Br)c(O)c1C(=O)OCC.CCCc1c(Br)c(O)cc(O)c1C(=O)OCC.CCCc1cc(O)c(Br)c(O)c1C(=O)OCC.CCCc1cc(O)cc(O)c1C(=O)OCC.CCCc1cc(O)cc(O)c1C(=O)OCC.S.[Na+].[OH-]. The molecule has 32 heteroatoms. The van der Waals surface area contributed by atoms with Crippen molar-refractivity contribution in [3.8, 4) is 57.5 Å². The number of benzene rings is 5. The fraction of sp³-hybridized carbons (Fsp3) is 0.483. The number of esters is 6. The molecule has 0 saturated carbocycles. The maximum Gasteiger partial charge on any atom is 1.00 e. The Labute approximate surface area is 775 Å². The van der Waals surface area contributed by atoms with E-state index in [9.17, 15) is 94.5 Å². The number of carbonyl (C=O) groups excluding carboxylic acids is 8. The molecule has 0 saturated heterocycles. The van der Waals surface area contributed by atoms with Crippen LogP contribution in [0.1, 0.15) is 267 Å². The van der Waals surface area contributed by atoms with Crippen LogP contribution in [0.4, 0.5) is 0 Å². The van der Waals surface area contributed by atoms with Crippen molar-refractivity contribution in [1.82, 2.24) is 0 Å². The van der Waals surface area contributed by atoms with Crippen molar-refractivity contribution in [1.29, 1.82) is 0 Å². The summed E-state index contributed by atoms with van der Waals surface area (Å²) in [4.78, 5) is 92.0. The van der Waals surface area contributed by atoms with Gasteiger partial charge in [-0.2, -0.15) is 19.6 Å². The predicted molar refractivity (Wildman–Crippen MR) is 480 cm³/mol. The quantitative estimate of drug-likeness (QED) is 0.00421. The summed E-state index contributed by atoms with van der Waals surface area (Å²) in [6, 6.07) is 7.86. The van der Waals surface area contributed by atoms with Crippen molar-refractivity contribution in [3.63, 3.8) is 0 Å². The van der Waals surface area contributed by atoms with Gasteiger partial charge in [-0.25, -0.2) is 24.0 Å². The summed E-state index contributed by atoms with van der Waals surface area (Å²) in [7, 11) is 0. The molecule has 672 valence electrons. The van der Waals surface area contributed by atoms with E-state index >= 15 is 0 Å². The summed E-state index contributed by atoms with van der Waals surface area (Å²) in [6.07, 6.45) is 25.2. The molecule has 0 heterocycles. The number of aryl methyl sites for hydroxylation is 3. The topological polar surface area (TPSA) is 444 Å². The van der Waals surface area contributed by atoms with E-state index < -0.39 is 41.4 Å². The molecule has 5 aromatic carbocycles. The molecule has 0 bridgehead atoms. The van der Waals surface area contributed by atoms with Crippen molar-refractivity contribution in [2.45, 2.75) is 226 Å². The number of phenols is 10. The largest absolute Gasteiger partial charge is 1.00 e. The minimum atomic E-state index is -0.597. The van der Waals surface area contributed by atoms with E-state index in [2.05, 4.69) is 89.4 Å². The maximum atomic E-state index is 11.9. The van der Waals surface area contributed by atoms with E-state index in [1.54, 1.807) is 54.5 Å². The number of phenolic OH excluding ortho intramolecular Hbond substituents is 10. The van der Waals surface area contributed by atoms with E-state index in [4.69, 9.17) is 28.4 Å². The van der Waals surface area contributed by atoms with Gasteiger partial charge in [-0.1, -0.05) is 130 Å². The Morgan fingerprint density at radius 2 is 0.876 bits per heavy atom. The molecular weight excluding hydrogens is 1860 g/mol. The number of aliphatic hydroxyl groups is 1. The Hall–Kier alpha value is -7.59. The molecule has 0 aliphatic heterocycles. The molecule has 2 aliphatic rings. The predicted octanol–water partition coefficient (Wildman–Crippen LogP) is 17.3. The second-order valence-corrected chi connectivity index (χ2v) is 30.1. The van der Waals surface area contributed by atoms with E-state index in [0.717, 1.165) is 88.8 Å². The van der Waals surface area contributed by atoms with Crippen molar-refractivity contribution in [3.05, 3.63) is 159 Å². The fourth-order valence-corrected chi connectivity index (χ4v) is 13.7. The molecule has 12 N–H and O–H groups in total. The first kappa shape index (κ1) is 120. The third kappa shape index (κ3) is 40.7. The number of ether oxygens (including phenoxy) is 6. The van der Waals surface area contributed by atoms with Gasteiger partial charge in [0.1, 0.15) is 94.3 Å². The number of hydrogen-bond acceptors (Lipinski definition) is 26. The van der Waals surface area contributed by atoms with E-state index in [1.807, 2.05) is 67.5 Å². The van der Waals surface area contributed by atoms with Gasteiger partial charge in [0.15, 0.2) is 5.78 Å². The Balaban J connectivity index is -0.000000649. The van der Waals surface area contributed by atoms with Crippen LogP contribution in [0.2, 0.25) is 0 Å². The Morgan fingerprint density at radius 3 is 1.26 bits per heavy atom. The molecule has 4 atom stereocenters. The van der Waals surface area contributed by atoms with Gasteiger partial charge in [0, 0.05) is 24.0 Å². The van der Waals surface area contributed by atoms with Gasteiger partial charge >= 0.3 is 59.4 Å². The van der Waals surface area contributed by atoms with Gasteiger partial charge in [0.25, 0.3) is 5.97 Å². The van der Waals surface area contributed by atoms with Crippen LogP contribution in [0.15, 0.2) is 96.8 Å². The molecule has 3 unspecified atom stereocenters. The van der Waals surface area contributed by atoms with E-state index in [1.165, 1.54) is 29.8 Å². The van der Waals surface area contributed by atoms with Crippen LogP contribution in [0.25, 0.3) is 0 Å². The molecule has 0 spiro atoms. The molecule has 7 rings (SSSR count). The second-order valence-electron chi connectivity index (χ2n) is 26.9. The third-order valence-electron chi connectivity index (χ3n) is 17.1. The number of allylic oxidation sites excluding steroid dienone is 6. The minimum absolute atomic E-state index is 0. The molecule has 0 fully saturated rings. The van der Waals surface area contributed by atoms with Crippen LogP contribution in [-0.2, 0) is 74.9 Å². The zero-order chi connectivity index (χ0) is 90.3. The molecule has 26 nitrogen and oxygen atoms in total. The maximum absolute atomic E-state index is 11.9. The normalized spacial score (nSPS) is 14.3. The Morgan fingerprint density at radius 1 is 0.488 bits per heavy atom. The van der Waals surface area contributed by atoms with Crippen LogP contribution in [-0.4, -0.2) is 154 Å². The number of rotatable bonds is 28. The first-order chi connectivity index (χ1) is 55.7. The van der Waals surface area contributed by atoms with Gasteiger partial charge in [0.05, 0.1) is 60.1 Å². The standard InChI is InChI=1S/C12H14Br2O4.2C12H15BrO4.2C12H16O4.C12H17O3.C10H16O.C7H12O.Na.H2O.H2S/c1-3-5-6-7(12(17)18-4-2)10(15)9(14)11(16)8(6)13;1-3-5-7-10(12(16)17-4-2)8(14)6-9(15)11(7)13;1-3-5-7-6-8(14)10(13)11(15)9(7)12(16)17-4-2;2*1-3-5-8-6-9(13)7-10(14)11(8)12(15)16-4-2;1-3-6-9-7-5-8-10(13)11(9)12(14)15-4-2;1-8(2)9-4-6-10(3,11)7-5-9;1-3-4-5-6-7(2)8;;;/h15-16H,3-5H2,1-2H3;2*6,14-15H,3-5H2,1-2H3;2*6-7,13-14H,3-5H2,1-2H3;8-9,11H,3-4,6-7H2,1-2H3;4,6,9,11H,1,5,7H2,2-3H3;5-6H,3-4H2,1-2H3;;2*1H2/q;;;;;-1;;;+1;;/p-1/b;;;;;;;6-5+;;;/t;;;;;;9-,10?;;;;/m......1..../s1. The second kappa shape index (κ2) is 64.2. The summed E-state index contributed by atoms with van der Waals surface area (Å²) in [5.74, 6) is -4.95. The zero-order valence-electron chi connectivity index (χ0n) is 72.6. The summed E-state index contributed by atoms with van der Waals surface area (Å²) < 4.78 is 30.4. The van der Waals surface area contributed by atoms with Crippen molar-refractivity contribution in [2.75, 3.05) is 39.6 Å². The number of ketones is 2. The number of halogens is 4. The summed E-state index contributed by atoms with van der Waals surface area (Å²) in [6.45, 7) is 35.0. The zero-order valence-corrected chi connectivity index (χ0v) is 82.0. The average molecular weight is 1980 g/mol. The third-order valence-corrected chi connectivity index (χ3v) is 20.3. The minimum Gasteiger partial charge on any atom is -0.870 e.